The van der Waals surface area contributed by atoms with Gasteiger partial charge in [-0.1, -0.05) is 30.3 Å². The Morgan fingerprint density at radius 3 is 2.85 bits per heavy atom. The second-order valence-electron chi connectivity index (χ2n) is 6.69. The topological polar surface area (TPSA) is 59.2 Å². The molecule has 1 amide bonds. The highest BCUT2D eigenvalue weighted by Crippen LogP contribution is 2.22. The molecular weight excluding hydrogens is 326 g/mol. The lowest BCUT2D eigenvalue weighted by Gasteiger charge is -2.25. The van der Waals surface area contributed by atoms with Crippen molar-refractivity contribution < 1.29 is 9.21 Å². The zero-order valence-electron chi connectivity index (χ0n) is 14.8. The summed E-state index contributed by atoms with van der Waals surface area (Å²) >= 11 is 0. The molecule has 3 aromatic rings. The van der Waals surface area contributed by atoms with Crippen molar-refractivity contribution in [3.05, 3.63) is 82.8 Å². The lowest BCUT2D eigenvalue weighted by atomic mass is 10.1. The van der Waals surface area contributed by atoms with E-state index in [1.807, 2.05) is 36.1 Å². The van der Waals surface area contributed by atoms with Crippen LogP contribution in [0.2, 0.25) is 0 Å². The predicted octanol–water partition coefficient (Wildman–Crippen LogP) is 3.36. The van der Waals surface area contributed by atoms with Gasteiger partial charge in [0.2, 0.25) is 0 Å². The number of hydrogen-bond acceptors (Lipinski definition) is 4. The summed E-state index contributed by atoms with van der Waals surface area (Å²) in [5.74, 6) is 1.67. The zero-order chi connectivity index (χ0) is 17.9. The maximum Gasteiger partial charge on any atom is 0.255 e. The van der Waals surface area contributed by atoms with Crippen LogP contribution < -0.4 is 0 Å². The van der Waals surface area contributed by atoms with E-state index in [0.717, 1.165) is 35.7 Å². The van der Waals surface area contributed by atoms with E-state index in [9.17, 15) is 4.79 Å². The van der Waals surface area contributed by atoms with Gasteiger partial charge in [0.1, 0.15) is 11.5 Å². The van der Waals surface area contributed by atoms with Gasteiger partial charge in [-0.2, -0.15) is 0 Å². The molecule has 0 atom stereocenters. The van der Waals surface area contributed by atoms with Crippen molar-refractivity contribution in [1.29, 1.82) is 0 Å². The fourth-order valence-corrected chi connectivity index (χ4v) is 3.28. The SMILES string of the molecule is Cc1cncc(C(=O)N2CCc3oc(CCc4ccccc4)nc3C2)c1. The van der Waals surface area contributed by atoms with Crippen molar-refractivity contribution in [1.82, 2.24) is 14.9 Å². The summed E-state index contributed by atoms with van der Waals surface area (Å²) in [6, 6.07) is 12.2. The molecule has 0 N–H and O–H groups in total. The molecule has 0 radical (unpaired) electrons. The number of hydrogen-bond donors (Lipinski definition) is 0. The molecule has 4 rings (SSSR count). The van der Waals surface area contributed by atoms with Gasteiger partial charge in [0.05, 0.1) is 12.1 Å². The molecule has 5 heteroatoms. The van der Waals surface area contributed by atoms with Gasteiger partial charge in [-0.3, -0.25) is 9.78 Å². The van der Waals surface area contributed by atoms with E-state index < -0.39 is 0 Å². The second kappa shape index (κ2) is 7.12. The molecule has 0 fully saturated rings. The number of carbonyl (C=O) groups excluding carboxylic acids is 1. The Hall–Kier alpha value is -2.95. The number of aromatic nitrogens is 2. The molecule has 3 heterocycles. The average molecular weight is 347 g/mol. The Labute approximate surface area is 152 Å². The fourth-order valence-electron chi connectivity index (χ4n) is 3.28. The van der Waals surface area contributed by atoms with Crippen LogP contribution in [0.3, 0.4) is 0 Å². The van der Waals surface area contributed by atoms with Crippen LogP contribution >= 0.6 is 0 Å². The van der Waals surface area contributed by atoms with Crippen LogP contribution in [0, 0.1) is 6.92 Å². The summed E-state index contributed by atoms with van der Waals surface area (Å²) in [5.41, 5.74) is 3.76. The summed E-state index contributed by atoms with van der Waals surface area (Å²) in [6.07, 6.45) is 5.75. The van der Waals surface area contributed by atoms with Gasteiger partial charge in [-0.05, 0) is 30.5 Å². The van der Waals surface area contributed by atoms with E-state index in [4.69, 9.17) is 4.42 Å². The molecule has 0 saturated heterocycles. The maximum absolute atomic E-state index is 12.7. The van der Waals surface area contributed by atoms with Crippen molar-refractivity contribution in [3.8, 4) is 0 Å². The Morgan fingerprint density at radius 1 is 1.19 bits per heavy atom. The van der Waals surface area contributed by atoms with Crippen LogP contribution in [0.15, 0.2) is 53.2 Å². The highest BCUT2D eigenvalue weighted by atomic mass is 16.4. The van der Waals surface area contributed by atoms with E-state index in [-0.39, 0.29) is 5.91 Å². The van der Waals surface area contributed by atoms with Crippen molar-refractivity contribution >= 4 is 5.91 Å². The molecule has 2 aromatic heterocycles. The normalized spacial score (nSPS) is 13.5. The van der Waals surface area contributed by atoms with Gasteiger partial charge in [0, 0.05) is 31.8 Å². The van der Waals surface area contributed by atoms with Crippen molar-refractivity contribution in [3.63, 3.8) is 0 Å². The van der Waals surface area contributed by atoms with Gasteiger partial charge in [0.15, 0.2) is 5.89 Å². The highest BCUT2D eigenvalue weighted by Gasteiger charge is 2.26. The lowest BCUT2D eigenvalue weighted by Crippen LogP contribution is -2.35. The largest absolute Gasteiger partial charge is 0.445 e. The van der Waals surface area contributed by atoms with Crippen LogP contribution in [0.4, 0.5) is 0 Å². The van der Waals surface area contributed by atoms with Crippen LogP contribution in [0.1, 0.15) is 38.8 Å². The van der Waals surface area contributed by atoms with E-state index >= 15 is 0 Å². The van der Waals surface area contributed by atoms with Crippen molar-refractivity contribution in [2.75, 3.05) is 6.54 Å². The summed E-state index contributed by atoms with van der Waals surface area (Å²) in [6.45, 7) is 3.08. The summed E-state index contributed by atoms with van der Waals surface area (Å²) in [7, 11) is 0. The molecular formula is C21H21N3O2. The molecule has 0 bridgehead atoms. The molecule has 0 aliphatic carbocycles. The minimum absolute atomic E-state index is 0.000635. The number of benzene rings is 1. The van der Waals surface area contributed by atoms with Gasteiger partial charge < -0.3 is 9.32 Å². The Balaban J connectivity index is 1.44. The third kappa shape index (κ3) is 3.52. The monoisotopic (exact) mass is 347 g/mol. The van der Waals surface area contributed by atoms with E-state index in [0.29, 0.717) is 25.1 Å². The number of aryl methyl sites for hydroxylation is 3. The lowest BCUT2D eigenvalue weighted by molar-refractivity contribution is 0.0727. The first-order valence-electron chi connectivity index (χ1n) is 8.91. The Kier molecular flexibility index (Phi) is 4.52. The smallest absolute Gasteiger partial charge is 0.255 e. The number of carbonyl (C=O) groups is 1. The number of amides is 1. The van der Waals surface area contributed by atoms with Gasteiger partial charge in [0.25, 0.3) is 5.91 Å². The first-order valence-corrected chi connectivity index (χ1v) is 8.91. The second-order valence-corrected chi connectivity index (χ2v) is 6.69. The first kappa shape index (κ1) is 16.5. The summed E-state index contributed by atoms with van der Waals surface area (Å²) < 4.78 is 5.92. The minimum atomic E-state index is 0.000635. The van der Waals surface area contributed by atoms with E-state index in [1.165, 1.54) is 5.56 Å². The van der Waals surface area contributed by atoms with E-state index in [2.05, 4.69) is 22.1 Å². The third-order valence-electron chi connectivity index (χ3n) is 4.65. The third-order valence-corrected chi connectivity index (χ3v) is 4.65. The van der Waals surface area contributed by atoms with Gasteiger partial charge in [-0.15, -0.1) is 0 Å². The standard InChI is InChI=1S/C21H21N3O2/c1-15-11-17(13-22-12-15)21(25)24-10-9-19-18(14-24)23-20(26-19)8-7-16-5-3-2-4-6-16/h2-6,11-13H,7-10,14H2,1H3. The minimum Gasteiger partial charge on any atom is -0.445 e. The molecule has 132 valence electrons. The molecule has 0 spiro atoms. The Bertz CT molecular complexity index is 918. The number of pyridine rings is 1. The van der Waals surface area contributed by atoms with E-state index in [1.54, 1.807) is 12.4 Å². The zero-order valence-corrected chi connectivity index (χ0v) is 14.8. The van der Waals surface area contributed by atoms with Crippen LogP contribution in [-0.2, 0) is 25.8 Å². The Morgan fingerprint density at radius 2 is 2.04 bits per heavy atom. The molecule has 26 heavy (non-hydrogen) atoms. The van der Waals surface area contributed by atoms with Crippen LogP contribution in [0.5, 0.6) is 0 Å². The number of fused-ring (bicyclic) bond motifs is 1. The summed E-state index contributed by atoms with van der Waals surface area (Å²) in [4.78, 5) is 23.3. The predicted molar refractivity (Wildman–Crippen MR) is 97.8 cm³/mol. The van der Waals surface area contributed by atoms with Crippen molar-refractivity contribution in [2.45, 2.75) is 32.7 Å². The number of oxazole rings is 1. The first-order chi connectivity index (χ1) is 12.7. The molecule has 1 aliphatic heterocycles. The average Bonchev–Trinajstić information content (AvgIpc) is 3.08. The fraction of sp³-hybridized carbons (Fsp3) is 0.286. The molecule has 0 saturated carbocycles. The molecule has 0 unspecified atom stereocenters. The number of nitrogens with zero attached hydrogens (tertiary/aromatic N) is 3. The van der Waals surface area contributed by atoms with Crippen LogP contribution in [0.25, 0.3) is 0 Å². The highest BCUT2D eigenvalue weighted by molar-refractivity contribution is 5.94. The van der Waals surface area contributed by atoms with Gasteiger partial charge in [-0.25, -0.2) is 4.98 Å². The van der Waals surface area contributed by atoms with Crippen molar-refractivity contribution in [2.24, 2.45) is 0 Å². The molecule has 1 aromatic carbocycles. The quantitative estimate of drug-likeness (QED) is 0.726. The van der Waals surface area contributed by atoms with Crippen LogP contribution in [-0.4, -0.2) is 27.3 Å². The number of rotatable bonds is 4. The molecule has 5 nitrogen and oxygen atoms in total. The summed E-state index contributed by atoms with van der Waals surface area (Å²) in [5, 5.41) is 0. The maximum atomic E-state index is 12.7. The van der Waals surface area contributed by atoms with Gasteiger partial charge >= 0.3 is 0 Å². The molecule has 1 aliphatic rings.